The first kappa shape index (κ1) is 21.1. The SMILES string of the molecule is Cc1ccc(NS(=O)(=O)c2ccc(OCC(=O)N3CCN(C)CC3)cc2)cc1C. The maximum Gasteiger partial charge on any atom is 0.261 e. The number of ether oxygens (including phenoxy) is 1. The monoisotopic (exact) mass is 417 g/mol. The van der Waals surface area contributed by atoms with Gasteiger partial charge in [0.05, 0.1) is 4.90 Å². The zero-order valence-electron chi connectivity index (χ0n) is 17.0. The van der Waals surface area contributed by atoms with E-state index in [-0.39, 0.29) is 17.4 Å². The number of anilines is 1. The van der Waals surface area contributed by atoms with Crippen LogP contribution in [0.3, 0.4) is 0 Å². The van der Waals surface area contributed by atoms with E-state index in [1.165, 1.54) is 12.1 Å². The Kier molecular flexibility index (Phi) is 6.44. The zero-order valence-corrected chi connectivity index (χ0v) is 17.8. The zero-order chi connectivity index (χ0) is 21.0. The topological polar surface area (TPSA) is 78.9 Å². The fourth-order valence-electron chi connectivity index (χ4n) is 3.03. The van der Waals surface area contributed by atoms with Crippen molar-refractivity contribution in [1.29, 1.82) is 0 Å². The minimum Gasteiger partial charge on any atom is -0.484 e. The molecule has 0 spiro atoms. The fourth-order valence-corrected chi connectivity index (χ4v) is 4.08. The van der Waals surface area contributed by atoms with Gasteiger partial charge in [0.15, 0.2) is 6.61 Å². The number of hydrogen-bond donors (Lipinski definition) is 1. The smallest absolute Gasteiger partial charge is 0.261 e. The molecular weight excluding hydrogens is 390 g/mol. The largest absolute Gasteiger partial charge is 0.484 e. The molecule has 8 heteroatoms. The Hall–Kier alpha value is -2.58. The first-order valence-corrected chi connectivity index (χ1v) is 11.0. The van der Waals surface area contributed by atoms with Crippen LogP contribution in [0.2, 0.25) is 0 Å². The summed E-state index contributed by atoms with van der Waals surface area (Å²) in [6.45, 7) is 6.94. The van der Waals surface area contributed by atoms with Gasteiger partial charge >= 0.3 is 0 Å². The number of amides is 1. The van der Waals surface area contributed by atoms with E-state index in [2.05, 4.69) is 9.62 Å². The minimum atomic E-state index is -3.70. The van der Waals surface area contributed by atoms with Crippen molar-refractivity contribution in [2.24, 2.45) is 0 Å². The van der Waals surface area contributed by atoms with Crippen molar-refractivity contribution >= 4 is 21.6 Å². The first-order valence-electron chi connectivity index (χ1n) is 9.54. The molecule has 2 aromatic rings. The van der Waals surface area contributed by atoms with Gasteiger partial charge in [0, 0.05) is 31.9 Å². The van der Waals surface area contributed by atoms with Crippen LogP contribution < -0.4 is 9.46 Å². The summed E-state index contributed by atoms with van der Waals surface area (Å²) in [5, 5.41) is 0. The normalized spacial score (nSPS) is 15.2. The number of piperazine rings is 1. The number of aryl methyl sites for hydroxylation is 2. The number of hydrogen-bond acceptors (Lipinski definition) is 5. The number of rotatable bonds is 6. The molecule has 156 valence electrons. The number of likely N-dealkylation sites (N-methyl/N-ethyl adjacent to an activating group) is 1. The van der Waals surface area contributed by atoms with Crippen LogP contribution in [0.15, 0.2) is 47.4 Å². The summed E-state index contributed by atoms with van der Waals surface area (Å²) in [4.78, 5) is 16.3. The molecule has 29 heavy (non-hydrogen) atoms. The molecule has 2 aromatic carbocycles. The summed E-state index contributed by atoms with van der Waals surface area (Å²) in [5.74, 6) is 0.392. The molecule has 1 saturated heterocycles. The third-order valence-corrected chi connectivity index (χ3v) is 6.51. The Bertz CT molecular complexity index is 966. The van der Waals surface area contributed by atoms with Gasteiger partial charge in [-0.2, -0.15) is 0 Å². The number of carbonyl (C=O) groups excluding carboxylic acids is 1. The third kappa shape index (κ3) is 5.48. The molecular formula is C21H27N3O4S. The highest BCUT2D eigenvalue weighted by Gasteiger charge is 2.19. The van der Waals surface area contributed by atoms with Crippen molar-refractivity contribution in [2.75, 3.05) is 44.6 Å². The van der Waals surface area contributed by atoms with Gasteiger partial charge in [-0.05, 0) is 68.4 Å². The van der Waals surface area contributed by atoms with Crippen LogP contribution in [0.1, 0.15) is 11.1 Å². The lowest BCUT2D eigenvalue weighted by molar-refractivity contribution is -0.134. The molecule has 1 aliphatic heterocycles. The Morgan fingerprint density at radius 1 is 1.00 bits per heavy atom. The molecule has 0 bridgehead atoms. The van der Waals surface area contributed by atoms with Crippen molar-refractivity contribution in [1.82, 2.24) is 9.80 Å². The molecule has 1 N–H and O–H groups in total. The van der Waals surface area contributed by atoms with Gasteiger partial charge < -0.3 is 14.5 Å². The molecule has 1 amide bonds. The number of sulfonamides is 1. The minimum absolute atomic E-state index is 0.0588. The van der Waals surface area contributed by atoms with Crippen LogP contribution >= 0.6 is 0 Å². The molecule has 0 aromatic heterocycles. The van der Waals surface area contributed by atoms with Crippen molar-refractivity contribution < 1.29 is 17.9 Å². The van der Waals surface area contributed by atoms with E-state index in [4.69, 9.17) is 4.74 Å². The van der Waals surface area contributed by atoms with Gasteiger partial charge in [-0.15, -0.1) is 0 Å². The van der Waals surface area contributed by atoms with Gasteiger partial charge in [-0.25, -0.2) is 8.42 Å². The fraction of sp³-hybridized carbons (Fsp3) is 0.381. The van der Waals surface area contributed by atoms with Crippen LogP contribution in [0.4, 0.5) is 5.69 Å². The van der Waals surface area contributed by atoms with Crippen molar-refractivity contribution in [2.45, 2.75) is 18.7 Å². The van der Waals surface area contributed by atoms with E-state index >= 15 is 0 Å². The lowest BCUT2D eigenvalue weighted by atomic mass is 10.1. The van der Waals surface area contributed by atoms with Crippen LogP contribution in [-0.2, 0) is 14.8 Å². The van der Waals surface area contributed by atoms with Crippen molar-refractivity contribution in [3.05, 3.63) is 53.6 Å². The van der Waals surface area contributed by atoms with Gasteiger partial charge in [0.1, 0.15) is 5.75 Å². The summed E-state index contributed by atoms with van der Waals surface area (Å²) in [6.07, 6.45) is 0. The predicted octanol–water partition coefficient (Wildman–Crippen LogP) is 2.26. The quantitative estimate of drug-likeness (QED) is 0.780. The second-order valence-electron chi connectivity index (χ2n) is 7.35. The molecule has 0 radical (unpaired) electrons. The van der Waals surface area contributed by atoms with Crippen molar-refractivity contribution in [3.8, 4) is 5.75 Å². The molecule has 0 aliphatic carbocycles. The molecule has 1 heterocycles. The summed E-state index contributed by atoms with van der Waals surface area (Å²) < 4.78 is 33.3. The van der Waals surface area contributed by atoms with Crippen LogP contribution in [0.5, 0.6) is 5.75 Å². The van der Waals surface area contributed by atoms with Gasteiger partial charge in [0.2, 0.25) is 0 Å². The van der Waals surface area contributed by atoms with E-state index in [1.54, 1.807) is 29.2 Å². The van der Waals surface area contributed by atoms with E-state index < -0.39 is 10.0 Å². The van der Waals surface area contributed by atoms with Crippen molar-refractivity contribution in [3.63, 3.8) is 0 Å². The maximum atomic E-state index is 12.6. The standard InChI is InChI=1S/C21H27N3O4S/c1-16-4-5-18(14-17(16)2)22-29(26,27)20-8-6-19(7-9-20)28-15-21(25)24-12-10-23(3)11-13-24/h4-9,14,22H,10-13,15H2,1-3H3. The Balaban J connectivity index is 1.58. The molecule has 1 aliphatic rings. The summed E-state index contributed by atoms with van der Waals surface area (Å²) in [7, 11) is -1.67. The molecule has 1 fully saturated rings. The number of nitrogens with zero attached hydrogens (tertiary/aromatic N) is 2. The lowest BCUT2D eigenvalue weighted by Crippen LogP contribution is -2.48. The number of benzene rings is 2. The Morgan fingerprint density at radius 2 is 1.66 bits per heavy atom. The molecule has 0 unspecified atom stereocenters. The lowest BCUT2D eigenvalue weighted by Gasteiger charge is -2.32. The highest BCUT2D eigenvalue weighted by atomic mass is 32.2. The first-order chi connectivity index (χ1) is 13.7. The Labute approximate surface area is 172 Å². The average molecular weight is 418 g/mol. The molecule has 0 atom stereocenters. The summed E-state index contributed by atoms with van der Waals surface area (Å²) in [5.41, 5.74) is 2.63. The molecule has 3 rings (SSSR count). The highest BCUT2D eigenvalue weighted by molar-refractivity contribution is 7.92. The summed E-state index contributed by atoms with van der Waals surface area (Å²) >= 11 is 0. The Morgan fingerprint density at radius 3 is 2.28 bits per heavy atom. The van der Waals surface area contributed by atoms with Crippen LogP contribution in [-0.4, -0.2) is 64.0 Å². The maximum absolute atomic E-state index is 12.6. The van der Waals surface area contributed by atoms with Gasteiger partial charge in [0.25, 0.3) is 15.9 Å². The highest BCUT2D eigenvalue weighted by Crippen LogP contribution is 2.21. The number of carbonyl (C=O) groups is 1. The second-order valence-corrected chi connectivity index (χ2v) is 9.03. The van der Waals surface area contributed by atoms with E-state index in [1.807, 2.05) is 27.0 Å². The number of nitrogens with one attached hydrogen (secondary N) is 1. The van der Waals surface area contributed by atoms with E-state index in [0.29, 0.717) is 24.5 Å². The molecule has 0 saturated carbocycles. The summed E-state index contributed by atoms with van der Waals surface area (Å²) in [6, 6.07) is 11.5. The van der Waals surface area contributed by atoms with Gasteiger partial charge in [-0.3, -0.25) is 9.52 Å². The third-order valence-electron chi connectivity index (χ3n) is 5.11. The van der Waals surface area contributed by atoms with E-state index in [9.17, 15) is 13.2 Å². The van der Waals surface area contributed by atoms with Crippen LogP contribution in [0.25, 0.3) is 0 Å². The van der Waals surface area contributed by atoms with Gasteiger partial charge in [-0.1, -0.05) is 6.07 Å². The van der Waals surface area contributed by atoms with Crippen LogP contribution in [0, 0.1) is 13.8 Å². The predicted molar refractivity (Wildman–Crippen MR) is 113 cm³/mol. The van der Waals surface area contributed by atoms with E-state index in [0.717, 1.165) is 24.2 Å². The average Bonchev–Trinajstić information content (AvgIpc) is 2.69. The molecule has 7 nitrogen and oxygen atoms in total. The second kappa shape index (κ2) is 8.84.